The number of likely N-dealkylation sites (tertiary alicyclic amines) is 2. The minimum atomic E-state index is -1.89. The first-order valence-electron chi connectivity index (χ1n) is 41.2. The van der Waals surface area contributed by atoms with Gasteiger partial charge in [-0.05, 0) is 99.4 Å². The van der Waals surface area contributed by atoms with E-state index >= 15 is 24.0 Å². The van der Waals surface area contributed by atoms with Crippen LogP contribution in [0.15, 0.2) is 237 Å². The van der Waals surface area contributed by atoms with Crippen LogP contribution in [0.5, 0.6) is 0 Å². The summed E-state index contributed by atoms with van der Waals surface area (Å²) in [6, 6.07) is 62.9. The minimum absolute atomic E-state index is 0.155. The molecule has 0 aliphatic carbocycles. The number of anilines is 1. The van der Waals surface area contributed by atoms with Crippen molar-refractivity contribution in [3.8, 4) is 0 Å². The average molecular weight is 1680 g/mol. The zero-order valence-electron chi connectivity index (χ0n) is 70.6. The van der Waals surface area contributed by atoms with E-state index in [1.165, 1.54) is 23.6 Å². The third kappa shape index (κ3) is 21.7. The number of fused-ring (bicyclic) bond motifs is 3. The quantitative estimate of drug-likeness (QED) is 0.0103. The van der Waals surface area contributed by atoms with Crippen LogP contribution in [0, 0.1) is 11.8 Å². The van der Waals surface area contributed by atoms with E-state index < -0.39 is 178 Å². The van der Waals surface area contributed by atoms with E-state index in [2.05, 4.69) is 42.5 Å². The lowest BCUT2D eigenvalue weighted by atomic mass is 9.77. The fraction of sp³-hybridized carbons (Fsp3) is 0.379. The molecule has 8 aromatic carbocycles. The Bertz CT molecular complexity index is 4780. The van der Waals surface area contributed by atoms with Gasteiger partial charge < -0.3 is 71.5 Å². The standard InChI is InChI=1S/C95H110N10O16S/c1-12-60(2)81(101-80(109)56-96-84(111)77-54-93(117)72-50-34-35-51-73(72)100-89(93)105(77)90(116)121-92(9,10)11)86(113)97-55-79(108)98-75(59-122-95(68-44-28-17-29-45-68,69-46-30-18-31-47-69)70-48-32-19-33-49-70)83(110)99-74(53-78(107)103-94(65-38-22-14-23-39-65,66-40-24-15-25-41-66)67-42-26-16-27-43-67)87(114)104-57-71(120-91(6,7)8)52-76(104)85(112)102-82(61(3)62(4)119-63(5)106)88(115)118-58-64-36-20-13-21-37-64/h13-51,60-62,71,74-77,81-82,89,100,117H,12,52-59H2,1-11H3,(H,96,111)(H,97,113)(H,98,108)(H,99,110)(H,101,109)(H,102,112)(H,103,107)/t60-,61-,62-,71+,74-,75?,76?,77-,81?,82?,89?,93?/m0/s1. The third-order valence-corrected chi connectivity index (χ3v) is 23.8. The van der Waals surface area contributed by atoms with E-state index in [0.29, 0.717) is 39.9 Å². The highest BCUT2D eigenvalue weighted by Crippen LogP contribution is 2.51. The monoisotopic (exact) mass is 1680 g/mol. The Morgan fingerprint density at radius 3 is 1.55 bits per heavy atom. The van der Waals surface area contributed by atoms with E-state index in [9.17, 15) is 33.9 Å². The molecule has 26 nitrogen and oxygen atoms in total. The summed E-state index contributed by atoms with van der Waals surface area (Å²) < 4.78 is 22.6. The summed E-state index contributed by atoms with van der Waals surface area (Å²) in [5.41, 5.74) is 0.835. The van der Waals surface area contributed by atoms with Gasteiger partial charge in [-0.3, -0.25) is 48.1 Å². The smallest absolute Gasteiger partial charge is 0.412 e. The van der Waals surface area contributed by atoms with Crippen LogP contribution in [0.2, 0.25) is 0 Å². The zero-order chi connectivity index (χ0) is 87.7. The fourth-order valence-corrected chi connectivity index (χ4v) is 17.6. The number of hydrogen-bond acceptors (Lipinski definition) is 18. The number of thioether (sulfide) groups is 1. The van der Waals surface area contributed by atoms with Crippen LogP contribution < -0.4 is 42.5 Å². The molecule has 27 heteroatoms. The number of aliphatic hydroxyl groups is 1. The third-order valence-electron chi connectivity index (χ3n) is 22.2. The highest BCUT2D eigenvalue weighted by Gasteiger charge is 2.61. The number of nitrogens with zero attached hydrogens (tertiary/aromatic N) is 2. The minimum Gasteiger partial charge on any atom is -0.462 e. The summed E-state index contributed by atoms with van der Waals surface area (Å²) in [5.74, 6) is -10.2. The molecule has 0 spiro atoms. The van der Waals surface area contributed by atoms with Crippen molar-refractivity contribution in [3.05, 3.63) is 281 Å². The number of amides is 9. The van der Waals surface area contributed by atoms with E-state index in [4.69, 9.17) is 18.9 Å². The molecule has 2 saturated heterocycles. The second-order valence-corrected chi connectivity index (χ2v) is 34.4. The lowest BCUT2D eigenvalue weighted by Gasteiger charge is -2.38. The predicted molar refractivity (Wildman–Crippen MR) is 462 cm³/mol. The maximum atomic E-state index is 16.6. The number of rotatable bonds is 34. The topological polar surface area (TPSA) is 348 Å². The first-order chi connectivity index (χ1) is 58.2. The number of para-hydroxylation sites is 1. The second kappa shape index (κ2) is 40.0. The second-order valence-electron chi connectivity index (χ2n) is 33.2. The summed E-state index contributed by atoms with van der Waals surface area (Å²) in [6.45, 7) is 16.3. The molecule has 3 aliphatic heterocycles. The van der Waals surface area contributed by atoms with Gasteiger partial charge in [-0.2, -0.15) is 0 Å². The van der Waals surface area contributed by atoms with E-state index in [-0.39, 0.29) is 31.7 Å². The van der Waals surface area contributed by atoms with Crippen molar-refractivity contribution in [2.45, 2.75) is 190 Å². The van der Waals surface area contributed by atoms with Crippen molar-refractivity contribution in [1.82, 2.24) is 47.0 Å². The number of esters is 2. The van der Waals surface area contributed by atoms with E-state index in [0.717, 1.165) is 21.6 Å². The SMILES string of the molecule is CC[C@H](C)C(NC(=O)CNC(=O)[C@@H]1CC2(O)c3ccccc3NC2N1C(=O)OC(C)(C)C)C(=O)NCC(=O)NC(CSC(c1ccccc1)(c1ccccc1)c1ccccc1)C(=O)N[C@@H](CC(=O)NC(c1ccccc1)(c1ccccc1)c1ccccc1)C(=O)N1C[C@H](OC(C)(C)C)CC1C(=O)NC(C(=O)OCc1ccccc1)[C@@H](C)[C@H](C)OC(C)=O. The van der Waals surface area contributed by atoms with Crippen LogP contribution >= 0.6 is 11.8 Å². The molecule has 642 valence electrons. The Hall–Kier alpha value is -12.2. The van der Waals surface area contributed by atoms with Crippen LogP contribution in [0.3, 0.4) is 0 Å². The van der Waals surface area contributed by atoms with Crippen molar-refractivity contribution in [3.63, 3.8) is 0 Å². The van der Waals surface area contributed by atoms with Crippen LogP contribution in [0.4, 0.5) is 10.5 Å². The molecular weight excluding hydrogens is 1570 g/mol. The summed E-state index contributed by atoms with van der Waals surface area (Å²) in [6.07, 6.45) is -4.71. The molecular formula is C95H110N10O16S. The van der Waals surface area contributed by atoms with E-state index in [1.54, 1.807) is 124 Å². The molecule has 0 aromatic heterocycles. The first kappa shape index (κ1) is 90.6. The van der Waals surface area contributed by atoms with Crippen molar-refractivity contribution in [2.24, 2.45) is 11.8 Å². The molecule has 122 heavy (non-hydrogen) atoms. The Morgan fingerprint density at radius 2 is 1.04 bits per heavy atom. The number of nitrogens with one attached hydrogen (secondary N) is 8. The van der Waals surface area contributed by atoms with Gasteiger partial charge in [0.05, 0.1) is 36.0 Å². The molecule has 0 radical (unpaired) electrons. The van der Waals surface area contributed by atoms with Crippen molar-refractivity contribution >= 4 is 82.7 Å². The summed E-state index contributed by atoms with van der Waals surface area (Å²) in [4.78, 5) is 166. The van der Waals surface area contributed by atoms with Gasteiger partial charge in [-0.15, -0.1) is 11.8 Å². The van der Waals surface area contributed by atoms with Gasteiger partial charge in [-0.25, -0.2) is 9.59 Å². The molecule has 8 aromatic rings. The summed E-state index contributed by atoms with van der Waals surface area (Å²) in [5, 5.41) is 35.3. The lowest BCUT2D eigenvalue weighted by molar-refractivity contribution is -0.157. The molecule has 2 fully saturated rings. The maximum absolute atomic E-state index is 16.6. The van der Waals surface area contributed by atoms with Gasteiger partial charge in [-0.1, -0.05) is 258 Å². The molecule has 9 N–H and O–H groups in total. The Labute approximate surface area is 716 Å². The maximum Gasteiger partial charge on any atom is 0.412 e. The van der Waals surface area contributed by atoms with Crippen molar-refractivity contribution < 1.29 is 76.8 Å². The predicted octanol–water partition coefficient (Wildman–Crippen LogP) is 10.2. The van der Waals surface area contributed by atoms with Crippen LogP contribution in [0.1, 0.15) is 146 Å². The highest BCUT2D eigenvalue weighted by atomic mass is 32.2. The average Bonchev–Trinajstić information content (AvgIpc) is 1.55. The van der Waals surface area contributed by atoms with Gasteiger partial charge in [0.15, 0.2) is 0 Å². The Balaban J connectivity index is 0.937. The molecule has 11 rings (SSSR count). The normalized spacial score (nSPS) is 18.5. The van der Waals surface area contributed by atoms with Crippen molar-refractivity contribution in [1.29, 1.82) is 0 Å². The van der Waals surface area contributed by atoms with Gasteiger partial charge >= 0.3 is 18.0 Å². The largest absolute Gasteiger partial charge is 0.462 e. The van der Waals surface area contributed by atoms with Crippen molar-refractivity contribution in [2.75, 3.05) is 30.7 Å². The number of benzene rings is 8. The van der Waals surface area contributed by atoms with Gasteiger partial charge in [0.1, 0.15) is 71.9 Å². The number of hydrogen-bond donors (Lipinski definition) is 9. The Kier molecular flexibility index (Phi) is 29.7. The molecule has 3 heterocycles. The zero-order valence-corrected chi connectivity index (χ0v) is 71.4. The Morgan fingerprint density at radius 1 is 0.549 bits per heavy atom. The number of carbonyl (C=O) groups is 11. The molecule has 0 saturated carbocycles. The fourth-order valence-electron chi connectivity index (χ4n) is 16.0. The molecule has 9 amide bonds. The van der Waals surface area contributed by atoms with Crippen LogP contribution in [0.25, 0.3) is 0 Å². The highest BCUT2D eigenvalue weighted by molar-refractivity contribution is 8.00. The molecule has 12 atom stereocenters. The summed E-state index contributed by atoms with van der Waals surface area (Å²) in [7, 11) is 0. The van der Waals surface area contributed by atoms with Gasteiger partial charge in [0.2, 0.25) is 47.3 Å². The molecule has 3 aliphatic rings. The number of carbonyl (C=O) groups excluding carboxylic acids is 11. The summed E-state index contributed by atoms with van der Waals surface area (Å²) >= 11 is 1.28. The molecule has 6 unspecified atom stereocenters. The lowest BCUT2D eigenvalue weighted by Crippen LogP contribution is -2.60. The molecule has 0 bridgehead atoms. The van der Waals surface area contributed by atoms with Crippen LogP contribution in [-0.2, 0) is 89.4 Å². The first-order valence-corrected chi connectivity index (χ1v) is 42.2. The van der Waals surface area contributed by atoms with Crippen LogP contribution in [-0.4, -0.2) is 171 Å². The van der Waals surface area contributed by atoms with Gasteiger partial charge in [0.25, 0.3) is 0 Å². The van der Waals surface area contributed by atoms with Gasteiger partial charge in [0, 0.05) is 49.2 Å². The number of ether oxygens (including phenoxy) is 4. The van der Waals surface area contributed by atoms with E-state index in [1.807, 2.05) is 182 Å².